The fraction of sp³-hybridized carbons (Fsp3) is 0.278. The lowest BCUT2D eigenvalue weighted by molar-refractivity contribution is 0.0321. The molecule has 2 aromatic rings. The average Bonchev–Trinajstić information content (AvgIpc) is 2.62. The van der Waals surface area contributed by atoms with Gasteiger partial charge in [0.15, 0.2) is 5.78 Å². The molecule has 0 bridgehead atoms. The van der Waals surface area contributed by atoms with Crippen LogP contribution < -0.4 is 0 Å². The van der Waals surface area contributed by atoms with Gasteiger partial charge in [-0.3, -0.25) is 4.79 Å². The Morgan fingerprint density at radius 3 is 2.38 bits per heavy atom. The summed E-state index contributed by atoms with van der Waals surface area (Å²) >= 11 is 0. The predicted octanol–water partition coefficient (Wildman–Crippen LogP) is 2.65. The second-order valence-electron chi connectivity index (χ2n) is 5.70. The van der Waals surface area contributed by atoms with Gasteiger partial charge >= 0.3 is 0 Å². The Kier molecular flexibility index (Phi) is 4.80. The van der Waals surface area contributed by atoms with Crippen molar-refractivity contribution in [2.75, 3.05) is 19.8 Å². The van der Waals surface area contributed by atoms with E-state index in [1.54, 1.807) is 12.1 Å². The summed E-state index contributed by atoms with van der Waals surface area (Å²) in [6.45, 7) is 2.45. The summed E-state index contributed by atoms with van der Waals surface area (Å²) < 4.78 is 33.1. The lowest BCUT2D eigenvalue weighted by Crippen LogP contribution is -2.43. The van der Waals surface area contributed by atoms with Crippen LogP contribution in [0.15, 0.2) is 59.5 Å². The minimum Gasteiger partial charge on any atom is -0.378 e. The summed E-state index contributed by atoms with van der Waals surface area (Å²) in [7, 11) is -3.66. The fourth-order valence-corrected chi connectivity index (χ4v) is 4.39. The van der Waals surface area contributed by atoms with Crippen molar-refractivity contribution >= 4 is 15.8 Å². The Labute approximate surface area is 141 Å². The first-order chi connectivity index (χ1) is 11.5. The van der Waals surface area contributed by atoms with E-state index in [4.69, 9.17) is 4.74 Å². The van der Waals surface area contributed by atoms with Crippen molar-refractivity contribution < 1.29 is 17.9 Å². The molecule has 2 aromatic carbocycles. The monoisotopic (exact) mass is 345 g/mol. The standard InChI is InChI=1S/C18H19NO4S/c1-14(20)15-7-9-17(10-8-15)24(21,22)19-11-12-23-13-18(19)16-5-3-2-4-6-16/h2-10,18H,11-13H2,1H3. The summed E-state index contributed by atoms with van der Waals surface area (Å²) in [6.07, 6.45) is 0. The van der Waals surface area contributed by atoms with Gasteiger partial charge in [-0.15, -0.1) is 0 Å². The molecule has 0 saturated carbocycles. The average molecular weight is 345 g/mol. The molecule has 0 aromatic heterocycles. The molecule has 1 aliphatic heterocycles. The van der Waals surface area contributed by atoms with Gasteiger partial charge in [-0.2, -0.15) is 4.31 Å². The van der Waals surface area contributed by atoms with Crippen LogP contribution in [0, 0.1) is 0 Å². The van der Waals surface area contributed by atoms with Gasteiger partial charge in [-0.25, -0.2) is 8.42 Å². The maximum absolute atomic E-state index is 13.0. The molecule has 0 spiro atoms. The number of ketones is 1. The molecule has 0 amide bonds. The zero-order valence-electron chi connectivity index (χ0n) is 13.4. The summed E-state index contributed by atoms with van der Waals surface area (Å²) in [5, 5.41) is 0. The summed E-state index contributed by atoms with van der Waals surface area (Å²) in [5.74, 6) is -0.0903. The molecule has 6 heteroatoms. The number of rotatable bonds is 4. The molecule has 1 unspecified atom stereocenters. The molecule has 24 heavy (non-hydrogen) atoms. The fourth-order valence-electron chi connectivity index (χ4n) is 2.81. The molecule has 0 N–H and O–H groups in total. The molecule has 1 fully saturated rings. The number of carbonyl (C=O) groups excluding carboxylic acids is 1. The van der Waals surface area contributed by atoms with E-state index in [0.717, 1.165) is 5.56 Å². The molecule has 1 aliphatic rings. The highest BCUT2D eigenvalue weighted by Crippen LogP contribution is 2.30. The number of morpholine rings is 1. The Balaban J connectivity index is 1.95. The van der Waals surface area contributed by atoms with Crippen molar-refractivity contribution in [3.8, 4) is 0 Å². The molecule has 0 aliphatic carbocycles. The number of nitrogens with zero attached hydrogens (tertiary/aromatic N) is 1. The van der Waals surface area contributed by atoms with Gasteiger partial charge < -0.3 is 4.74 Å². The van der Waals surface area contributed by atoms with Gasteiger partial charge in [0.25, 0.3) is 0 Å². The topological polar surface area (TPSA) is 63.7 Å². The van der Waals surface area contributed by atoms with Crippen molar-refractivity contribution in [1.29, 1.82) is 0 Å². The predicted molar refractivity (Wildman–Crippen MR) is 90.3 cm³/mol. The van der Waals surface area contributed by atoms with Crippen molar-refractivity contribution in [1.82, 2.24) is 4.31 Å². The lowest BCUT2D eigenvalue weighted by atomic mass is 10.1. The van der Waals surface area contributed by atoms with E-state index in [1.165, 1.54) is 23.4 Å². The first-order valence-corrected chi connectivity index (χ1v) is 9.19. The number of Topliss-reactive ketones (excluding diaryl/α,β-unsaturated/α-hetero) is 1. The first-order valence-electron chi connectivity index (χ1n) is 7.75. The summed E-state index contributed by atoms with van der Waals surface area (Å²) in [6, 6.07) is 15.2. The van der Waals surface area contributed by atoms with Gasteiger partial charge in [0.2, 0.25) is 10.0 Å². The largest absolute Gasteiger partial charge is 0.378 e. The van der Waals surface area contributed by atoms with Gasteiger partial charge in [-0.05, 0) is 24.6 Å². The van der Waals surface area contributed by atoms with Crippen LogP contribution in [-0.2, 0) is 14.8 Å². The molecule has 1 heterocycles. The van der Waals surface area contributed by atoms with Crippen LogP contribution in [0.1, 0.15) is 28.9 Å². The third kappa shape index (κ3) is 3.26. The van der Waals surface area contributed by atoms with E-state index in [1.807, 2.05) is 30.3 Å². The van der Waals surface area contributed by atoms with Crippen LogP contribution in [-0.4, -0.2) is 38.3 Å². The minimum atomic E-state index is -3.66. The SMILES string of the molecule is CC(=O)c1ccc(S(=O)(=O)N2CCOCC2c2ccccc2)cc1. The molecular weight excluding hydrogens is 326 g/mol. The second-order valence-corrected chi connectivity index (χ2v) is 7.59. The smallest absolute Gasteiger partial charge is 0.243 e. The molecule has 5 nitrogen and oxygen atoms in total. The maximum Gasteiger partial charge on any atom is 0.243 e. The Bertz CT molecular complexity index is 816. The van der Waals surface area contributed by atoms with Crippen LogP contribution in [0.5, 0.6) is 0 Å². The van der Waals surface area contributed by atoms with E-state index >= 15 is 0 Å². The first kappa shape index (κ1) is 16.8. The molecule has 126 valence electrons. The number of sulfonamides is 1. The highest BCUT2D eigenvalue weighted by molar-refractivity contribution is 7.89. The summed E-state index contributed by atoms with van der Waals surface area (Å²) in [4.78, 5) is 11.6. The van der Waals surface area contributed by atoms with Crippen LogP contribution in [0.25, 0.3) is 0 Å². The molecule has 3 rings (SSSR count). The van der Waals surface area contributed by atoms with Crippen LogP contribution in [0.4, 0.5) is 0 Å². The molecule has 1 atom stereocenters. The maximum atomic E-state index is 13.0. The number of carbonyl (C=O) groups is 1. The Hall–Kier alpha value is -2.02. The second kappa shape index (κ2) is 6.84. The van der Waals surface area contributed by atoms with Crippen molar-refractivity contribution in [2.24, 2.45) is 0 Å². The van der Waals surface area contributed by atoms with E-state index in [2.05, 4.69) is 0 Å². The number of benzene rings is 2. The minimum absolute atomic E-state index is 0.0903. The highest BCUT2D eigenvalue weighted by atomic mass is 32.2. The quantitative estimate of drug-likeness (QED) is 0.799. The van der Waals surface area contributed by atoms with Crippen molar-refractivity contribution in [3.05, 3.63) is 65.7 Å². The zero-order valence-corrected chi connectivity index (χ0v) is 14.2. The third-order valence-electron chi connectivity index (χ3n) is 4.13. The van der Waals surface area contributed by atoms with E-state index < -0.39 is 10.0 Å². The van der Waals surface area contributed by atoms with Gasteiger partial charge in [0.1, 0.15) is 0 Å². The number of hydrogen-bond acceptors (Lipinski definition) is 4. The number of ether oxygens (including phenoxy) is 1. The molecule has 1 saturated heterocycles. The third-order valence-corrected chi connectivity index (χ3v) is 6.05. The molecular formula is C18H19NO4S. The van der Waals surface area contributed by atoms with Crippen molar-refractivity contribution in [3.63, 3.8) is 0 Å². The normalized spacial score (nSPS) is 19.1. The Morgan fingerprint density at radius 2 is 1.75 bits per heavy atom. The van der Waals surface area contributed by atoms with Crippen LogP contribution in [0.2, 0.25) is 0 Å². The van der Waals surface area contributed by atoms with Gasteiger partial charge in [0.05, 0.1) is 24.2 Å². The van der Waals surface area contributed by atoms with E-state index in [-0.39, 0.29) is 16.7 Å². The highest BCUT2D eigenvalue weighted by Gasteiger charge is 2.34. The van der Waals surface area contributed by atoms with Crippen LogP contribution >= 0.6 is 0 Å². The summed E-state index contributed by atoms with van der Waals surface area (Å²) in [5.41, 5.74) is 1.40. The van der Waals surface area contributed by atoms with Gasteiger partial charge in [0, 0.05) is 12.1 Å². The van der Waals surface area contributed by atoms with Crippen LogP contribution in [0.3, 0.4) is 0 Å². The Morgan fingerprint density at radius 1 is 1.08 bits per heavy atom. The van der Waals surface area contributed by atoms with E-state index in [9.17, 15) is 13.2 Å². The van der Waals surface area contributed by atoms with Crippen molar-refractivity contribution in [2.45, 2.75) is 17.9 Å². The van der Waals surface area contributed by atoms with Gasteiger partial charge in [-0.1, -0.05) is 42.5 Å². The number of hydrogen-bond donors (Lipinski definition) is 0. The van der Waals surface area contributed by atoms with E-state index in [0.29, 0.717) is 25.3 Å². The molecule has 0 radical (unpaired) electrons. The zero-order chi connectivity index (χ0) is 17.2. The lowest BCUT2D eigenvalue weighted by Gasteiger charge is -2.34.